The molecule has 1 aromatic carbocycles. The fourth-order valence-electron chi connectivity index (χ4n) is 2.07. The number of piperidine rings is 1. The summed E-state index contributed by atoms with van der Waals surface area (Å²) >= 11 is 0. The van der Waals surface area contributed by atoms with Crippen molar-refractivity contribution in [1.29, 1.82) is 0 Å². The summed E-state index contributed by atoms with van der Waals surface area (Å²) in [4.78, 5) is 11.4. The second-order valence-corrected chi connectivity index (χ2v) is 4.42. The SMILES string of the molecule is Cc1ccccc1OC1(C(=O)O)CCNCC1. The highest BCUT2D eigenvalue weighted by molar-refractivity contribution is 5.78. The van der Waals surface area contributed by atoms with E-state index in [1.807, 2.05) is 31.2 Å². The molecule has 0 saturated carbocycles. The minimum atomic E-state index is -1.07. The van der Waals surface area contributed by atoms with Crippen molar-refractivity contribution in [2.24, 2.45) is 0 Å². The fraction of sp³-hybridized carbons (Fsp3) is 0.462. The first-order valence-corrected chi connectivity index (χ1v) is 5.83. The van der Waals surface area contributed by atoms with Gasteiger partial charge in [-0.05, 0) is 31.6 Å². The molecule has 0 amide bonds. The van der Waals surface area contributed by atoms with Gasteiger partial charge < -0.3 is 15.2 Å². The van der Waals surface area contributed by atoms with Gasteiger partial charge in [0.05, 0.1) is 0 Å². The minimum absolute atomic E-state index is 0.497. The van der Waals surface area contributed by atoms with Crippen LogP contribution in [-0.2, 0) is 4.79 Å². The van der Waals surface area contributed by atoms with Gasteiger partial charge in [0.15, 0.2) is 0 Å². The zero-order valence-corrected chi connectivity index (χ0v) is 9.90. The number of ether oxygens (including phenoxy) is 1. The zero-order valence-electron chi connectivity index (χ0n) is 9.90. The van der Waals surface area contributed by atoms with Gasteiger partial charge in [-0.2, -0.15) is 0 Å². The normalized spacial score (nSPS) is 18.6. The topological polar surface area (TPSA) is 58.6 Å². The van der Waals surface area contributed by atoms with Gasteiger partial charge in [0.1, 0.15) is 5.75 Å². The van der Waals surface area contributed by atoms with Crippen LogP contribution < -0.4 is 10.1 Å². The quantitative estimate of drug-likeness (QED) is 0.835. The van der Waals surface area contributed by atoms with Crippen molar-refractivity contribution in [1.82, 2.24) is 5.32 Å². The Bertz CT molecular complexity index is 411. The van der Waals surface area contributed by atoms with Crippen LogP contribution in [0.4, 0.5) is 0 Å². The molecule has 0 bridgehead atoms. The summed E-state index contributed by atoms with van der Waals surface area (Å²) in [5, 5.41) is 12.5. The number of nitrogens with one attached hydrogen (secondary N) is 1. The van der Waals surface area contributed by atoms with Gasteiger partial charge in [0.25, 0.3) is 0 Å². The van der Waals surface area contributed by atoms with E-state index >= 15 is 0 Å². The minimum Gasteiger partial charge on any atom is -0.478 e. The molecule has 0 atom stereocenters. The summed E-state index contributed by atoms with van der Waals surface area (Å²) in [5.74, 6) is -0.209. The van der Waals surface area contributed by atoms with Crippen LogP contribution >= 0.6 is 0 Å². The van der Waals surface area contributed by atoms with E-state index in [4.69, 9.17) is 4.74 Å². The Balaban J connectivity index is 2.24. The largest absolute Gasteiger partial charge is 0.478 e. The Labute approximate surface area is 101 Å². The number of hydrogen-bond donors (Lipinski definition) is 2. The lowest BCUT2D eigenvalue weighted by molar-refractivity contribution is -0.157. The first kappa shape index (κ1) is 11.9. The molecule has 2 N–H and O–H groups in total. The monoisotopic (exact) mass is 235 g/mol. The lowest BCUT2D eigenvalue weighted by atomic mass is 9.92. The number of rotatable bonds is 3. The van der Waals surface area contributed by atoms with Crippen molar-refractivity contribution in [3.05, 3.63) is 29.8 Å². The van der Waals surface area contributed by atoms with Gasteiger partial charge in [0.2, 0.25) is 5.60 Å². The van der Waals surface area contributed by atoms with Gasteiger partial charge in [0, 0.05) is 12.8 Å². The first-order valence-electron chi connectivity index (χ1n) is 5.83. The molecule has 0 radical (unpaired) electrons. The van der Waals surface area contributed by atoms with Crippen molar-refractivity contribution < 1.29 is 14.6 Å². The predicted molar refractivity (Wildman–Crippen MR) is 64.3 cm³/mol. The van der Waals surface area contributed by atoms with Crippen molar-refractivity contribution in [2.75, 3.05) is 13.1 Å². The molecular weight excluding hydrogens is 218 g/mol. The van der Waals surface area contributed by atoms with E-state index in [0.717, 1.165) is 5.56 Å². The van der Waals surface area contributed by atoms with Crippen LogP contribution in [0, 0.1) is 6.92 Å². The summed E-state index contributed by atoms with van der Waals surface area (Å²) in [7, 11) is 0. The highest BCUT2D eigenvalue weighted by Crippen LogP contribution is 2.28. The third-order valence-corrected chi connectivity index (χ3v) is 3.20. The molecule has 4 heteroatoms. The number of carboxylic acid groups (broad SMARTS) is 1. The van der Waals surface area contributed by atoms with Gasteiger partial charge in [-0.3, -0.25) is 0 Å². The summed E-state index contributed by atoms with van der Waals surface area (Å²) in [5.41, 5.74) is -0.108. The van der Waals surface area contributed by atoms with Crippen molar-refractivity contribution in [2.45, 2.75) is 25.4 Å². The third kappa shape index (κ3) is 2.42. The van der Waals surface area contributed by atoms with Gasteiger partial charge in [-0.25, -0.2) is 4.79 Å². The molecule has 92 valence electrons. The Morgan fingerprint density at radius 3 is 2.59 bits per heavy atom. The molecular formula is C13H17NO3. The molecule has 2 rings (SSSR count). The number of aryl methyl sites for hydroxylation is 1. The Morgan fingerprint density at radius 1 is 1.35 bits per heavy atom. The fourth-order valence-corrected chi connectivity index (χ4v) is 2.07. The van der Waals surface area contributed by atoms with Crippen LogP contribution in [0.15, 0.2) is 24.3 Å². The smallest absolute Gasteiger partial charge is 0.348 e. The van der Waals surface area contributed by atoms with Crippen molar-refractivity contribution in [3.63, 3.8) is 0 Å². The maximum atomic E-state index is 11.4. The molecule has 0 spiro atoms. The van der Waals surface area contributed by atoms with Crippen LogP contribution in [0.2, 0.25) is 0 Å². The number of carboxylic acids is 1. The van der Waals surface area contributed by atoms with E-state index in [1.54, 1.807) is 0 Å². The Hall–Kier alpha value is -1.55. The Kier molecular flexibility index (Phi) is 3.33. The lowest BCUT2D eigenvalue weighted by Crippen LogP contribution is -2.52. The van der Waals surface area contributed by atoms with Crippen LogP contribution in [0.5, 0.6) is 5.75 Å². The summed E-state index contributed by atoms with van der Waals surface area (Å²) < 4.78 is 5.80. The molecule has 1 aliphatic rings. The zero-order chi connectivity index (χ0) is 12.3. The number of para-hydroxylation sites is 1. The highest BCUT2D eigenvalue weighted by Gasteiger charge is 2.42. The standard InChI is InChI=1S/C13H17NO3/c1-10-4-2-3-5-11(10)17-13(12(15)16)6-8-14-9-7-13/h2-5,14H,6-9H2,1H3,(H,15,16). The molecule has 1 fully saturated rings. The molecule has 0 aromatic heterocycles. The first-order chi connectivity index (χ1) is 8.14. The number of benzene rings is 1. The van der Waals surface area contributed by atoms with E-state index < -0.39 is 11.6 Å². The van der Waals surface area contributed by atoms with Crippen molar-refractivity contribution >= 4 is 5.97 Å². The Morgan fingerprint density at radius 2 is 2.00 bits per heavy atom. The molecule has 0 unspecified atom stereocenters. The lowest BCUT2D eigenvalue weighted by Gasteiger charge is -2.34. The summed E-state index contributed by atoms with van der Waals surface area (Å²) in [6, 6.07) is 7.52. The maximum absolute atomic E-state index is 11.4. The molecule has 17 heavy (non-hydrogen) atoms. The molecule has 1 aliphatic heterocycles. The molecule has 1 aromatic rings. The van der Waals surface area contributed by atoms with E-state index in [1.165, 1.54) is 0 Å². The average molecular weight is 235 g/mol. The molecule has 1 saturated heterocycles. The second-order valence-electron chi connectivity index (χ2n) is 4.42. The van der Waals surface area contributed by atoms with Gasteiger partial charge in [-0.15, -0.1) is 0 Å². The van der Waals surface area contributed by atoms with Gasteiger partial charge in [-0.1, -0.05) is 18.2 Å². The molecule has 4 nitrogen and oxygen atoms in total. The molecule has 1 heterocycles. The van der Waals surface area contributed by atoms with Crippen LogP contribution in [0.1, 0.15) is 18.4 Å². The summed E-state index contributed by atoms with van der Waals surface area (Å²) in [6.45, 7) is 3.28. The van der Waals surface area contributed by atoms with E-state index in [9.17, 15) is 9.90 Å². The van der Waals surface area contributed by atoms with E-state index in [0.29, 0.717) is 31.7 Å². The van der Waals surface area contributed by atoms with Crippen LogP contribution in [0.25, 0.3) is 0 Å². The molecule has 0 aliphatic carbocycles. The highest BCUT2D eigenvalue weighted by atomic mass is 16.5. The predicted octanol–water partition coefficient (Wildman–Crippen LogP) is 1.58. The van der Waals surface area contributed by atoms with Gasteiger partial charge >= 0.3 is 5.97 Å². The van der Waals surface area contributed by atoms with E-state index in [2.05, 4.69) is 5.32 Å². The maximum Gasteiger partial charge on any atom is 0.348 e. The van der Waals surface area contributed by atoms with Crippen molar-refractivity contribution in [3.8, 4) is 5.75 Å². The third-order valence-electron chi connectivity index (χ3n) is 3.20. The number of carbonyl (C=O) groups is 1. The number of aliphatic carboxylic acids is 1. The number of hydrogen-bond acceptors (Lipinski definition) is 3. The average Bonchev–Trinajstić information content (AvgIpc) is 2.33. The van der Waals surface area contributed by atoms with Crippen LogP contribution in [-0.4, -0.2) is 29.8 Å². The van der Waals surface area contributed by atoms with Crippen LogP contribution in [0.3, 0.4) is 0 Å². The summed E-state index contributed by atoms with van der Waals surface area (Å²) in [6.07, 6.45) is 0.993. The second kappa shape index (κ2) is 4.75. The van der Waals surface area contributed by atoms with E-state index in [-0.39, 0.29) is 0 Å².